The molecule has 1 aliphatic carbocycles. The largest absolute Gasteiger partial charge is 0.422 e. The summed E-state index contributed by atoms with van der Waals surface area (Å²) in [5.74, 6) is 0.584. The van der Waals surface area contributed by atoms with E-state index in [-0.39, 0.29) is 5.63 Å². The summed E-state index contributed by atoms with van der Waals surface area (Å²) in [5, 5.41) is 0.895. The van der Waals surface area contributed by atoms with Crippen molar-refractivity contribution in [1.29, 1.82) is 0 Å². The van der Waals surface area contributed by atoms with Crippen LogP contribution in [0.15, 0.2) is 45.6 Å². The van der Waals surface area contributed by atoms with E-state index in [9.17, 15) is 4.79 Å². The van der Waals surface area contributed by atoms with Gasteiger partial charge in [0.05, 0.1) is 5.69 Å². The third-order valence-corrected chi connectivity index (χ3v) is 3.54. The standard InChI is InChI=1S/C16H12N2O2/c19-16-11(9-10-5-1-4-8-14(10)20-16)15-17-12-6-2-3-7-13(12)18-15/h1-2,4-6,8-9H,3,7H2,(H,17,18). The van der Waals surface area contributed by atoms with Crippen LogP contribution in [0.4, 0.5) is 0 Å². The summed E-state index contributed by atoms with van der Waals surface area (Å²) in [5.41, 5.74) is 2.71. The molecule has 0 saturated carbocycles. The van der Waals surface area contributed by atoms with Gasteiger partial charge in [-0.2, -0.15) is 0 Å². The molecule has 4 heteroatoms. The van der Waals surface area contributed by atoms with Crippen LogP contribution in [-0.4, -0.2) is 9.97 Å². The molecule has 0 saturated heterocycles. The Bertz CT molecular complexity index is 887. The Kier molecular flexibility index (Phi) is 2.36. The fourth-order valence-electron chi connectivity index (χ4n) is 2.53. The minimum Gasteiger partial charge on any atom is -0.422 e. The van der Waals surface area contributed by atoms with Crippen LogP contribution >= 0.6 is 0 Å². The molecule has 4 rings (SSSR count). The second-order valence-corrected chi connectivity index (χ2v) is 4.88. The van der Waals surface area contributed by atoms with E-state index < -0.39 is 0 Å². The van der Waals surface area contributed by atoms with Crippen LogP contribution in [0.1, 0.15) is 17.8 Å². The van der Waals surface area contributed by atoms with Gasteiger partial charge < -0.3 is 9.40 Å². The van der Waals surface area contributed by atoms with Crippen LogP contribution in [0.25, 0.3) is 28.4 Å². The van der Waals surface area contributed by atoms with Crippen molar-refractivity contribution in [2.75, 3.05) is 0 Å². The van der Waals surface area contributed by atoms with Gasteiger partial charge in [0.15, 0.2) is 0 Å². The van der Waals surface area contributed by atoms with E-state index in [0.29, 0.717) is 17.0 Å². The van der Waals surface area contributed by atoms with Crippen molar-refractivity contribution in [3.63, 3.8) is 0 Å². The van der Waals surface area contributed by atoms with E-state index in [1.165, 1.54) is 0 Å². The summed E-state index contributed by atoms with van der Waals surface area (Å²) in [6.45, 7) is 0. The molecule has 0 unspecified atom stereocenters. The average Bonchev–Trinajstić information content (AvgIpc) is 2.90. The molecule has 1 aromatic carbocycles. The lowest BCUT2D eigenvalue weighted by molar-refractivity contribution is 0.563. The molecule has 98 valence electrons. The van der Waals surface area contributed by atoms with Crippen molar-refractivity contribution >= 4 is 17.0 Å². The quantitative estimate of drug-likeness (QED) is 0.687. The van der Waals surface area contributed by atoms with Gasteiger partial charge in [-0.1, -0.05) is 24.3 Å². The maximum absolute atomic E-state index is 12.1. The monoisotopic (exact) mass is 264 g/mol. The van der Waals surface area contributed by atoms with Crippen LogP contribution in [0.3, 0.4) is 0 Å². The number of rotatable bonds is 1. The first-order valence-corrected chi connectivity index (χ1v) is 6.60. The second-order valence-electron chi connectivity index (χ2n) is 4.88. The number of hydrogen-bond acceptors (Lipinski definition) is 3. The second kappa shape index (κ2) is 4.20. The number of fused-ring (bicyclic) bond motifs is 2. The number of nitrogens with one attached hydrogen (secondary N) is 1. The maximum Gasteiger partial charge on any atom is 0.347 e. The first-order valence-electron chi connectivity index (χ1n) is 6.60. The highest BCUT2D eigenvalue weighted by atomic mass is 16.4. The topological polar surface area (TPSA) is 58.9 Å². The van der Waals surface area contributed by atoms with Crippen molar-refractivity contribution in [2.24, 2.45) is 0 Å². The number of hydrogen-bond donors (Lipinski definition) is 1. The molecule has 0 atom stereocenters. The summed E-state index contributed by atoms with van der Waals surface area (Å²) in [6.07, 6.45) is 6.01. The third kappa shape index (κ3) is 1.69. The molecule has 0 amide bonds. The van der Waals surface area contributed by atoms with Gasteiger partial charge in [0.1, 0.15) is 17.0 Å². The third-order valence-electron chi connectivity index (χ3n) is 3.54. The van der Waals surface area contributed by atoms with Gasteiger partial charge in [-0.25, -0.2) is 9.78 Å². The zero-order chi connectivity index (χ0) is 13.5. The van der Waals surface area contributed by atoms with Crippen LogP contribution in [-0.2, 0) is 6.42 Å². The molecule has 2 aromatic heterocycles. The number of nitrogens with zero attached hydrogens (tertiary/aromatic N) is 1. The highest BCUT2D eigenvalue weighted by Gasteiger charge is 2.15. The summed E-state index contributed by atoms with van der Waals surface area (Å²) in [4.78, 5) is 19.8. The van der Waals surface area contributed by atoms with Gasteiger partial charge in [0.25, 0.3) is 0 Å². The number of aromatic amines is 1. The first kappa shape index (κ1) is 11.2. The Morgan fingerprint density at radius 1 is 1.25 bits per heavy atom. The molecule has 0 fully saturated rings. The molecule has 0 aliphatic heterocycles. The zero-order valence-corrected chi connectivity index (χ0v) is 10.7. The number of aryl methyl sites for hydroxylation is 1. The molecule has 0 radical (unpaired) electrons. The average molecular weight is 264 g/mol. The van der Waals surface area contributed by atoms with Crippen molar-refractivity contribution in [3.05, 3.63) is 58.2 Å². The Labute approximate surface area is 114 Å². The molecule has 20 heavy (non-hydrogen) atoms. The number of benzene rings is 1. The molecule has 1 aliphatic rings. The zero-order valence-electron chi connectivity index (χ0n) is 10.7. The molecular weight excluding hydrogens is 252 g/mol. The van der Waals surface area contributed by atoms with E-state index in [2.05, 4.69) is 16.0 Å². The van der Waals surface area contributed by atoms with E-state index >= 15 is 0 Å². The van der Waals surface area contributed by atoms with Gasteiger partial charge >= 0.3 is 5.63 Å². The Balaban J connectivity index is 1.93. The molecule has 3 aromatic rings. The predicted molar refractivity (Wildman–Crippen MR) is 77.4 cm³/mol. The molecule has 2 heterocycles. The molecule has 4 nitrogen and oxygen atoms in total. The predicted octanol–water partition coefficient (Wildman–Crippen LogP) is 3.14. The molecular formula is C16H12N2O2. The minimum atomic E-state index is -0.362. The van der Waals surface area contributed by atoms with Crippen LogP contribution in [0.2, 0.25) is 0 Å². The smallest absolute Gasteiger partial charge is 0.347 e. The normalized spacial score (nSPS) is 13.6. The first-order chi connectivity index (χ1) is 9.81. The van der Waals surface area contributed by atoms with Gasteiger partial charge in [0.2, 0.25) is 0 Å². The van der Waals surface area contributed by atoms with Crippen molar-refractivity contribution in [2.45, 2.75) is 12.8 Å². The van der Waals surface area contributed by atoms with Crippen molar-refractivity contribution in [1.82, 2.24) is 9.97 Å². The highest BCUT2D eigenvalue weighted by molar-refractivity contribution is 5.80. The number of H-pyrrole nitrogens is 1. The number of allylic oxidation sites excluding steroid dienone is 1. The molecule has 0 spiro atoms. The summed E-state index contributed by atoms with van der Waals surface area (Å²) >= 11 is 0. The molecule has 1 N–H and O–H groups in total. The van der Waals surface area contributed by atoms with Gasteiger partial charge in [-0.15, -0.1) is 0 Å². The Morgan fingerprint density at radius 2 is 2.15 bits per heavy atom. The lowest BCUT2D eigenvalue weighted by Crippen LogP contribution is -2.03. The Hall–Kier alpha value is -2.62. The summed E-state index contributed by atoms with van der Waals surface area (Å²) in [7, 11) is 0. The Morgan fingerprint density at radius 3 is 3.05 bits per heavy atom. The fraction of sp³-hybridized carbons (Fsp3) is 0.125. The van der Waals surface area contributed by atoms with Crippen molar-refractivity contribution < 1.29 is 4.42 Å². The SMILES string of the molecule is O=c1oc2ccccc2cc1-c1nc2c([nH]1)CCC=C2. The van der Waals surface area contributed by atoms with E-state index in [1.807, 2.05) is 30.3 Å². The number of imidazole rings is 1. The van der Waals surface area contributed by atoms with Crippen LogP contribution in [0, 0.1) is 0 Å². The van der Waals surface area contributed by atoms with Crippen LogP contribution in [0.5, 0.6) is 0 Å². The van der Waals surface area contributed by atoms with Gasteiger partial charge in [0, 0.05) is 11.1 Å². The fourth-order valence-corrected chi connectivity index (χ4v) is 2.53. The summed E-state index contributed by atoms with van der Waals surface area (Å²) < 4.78 is 5.35. The highest BCUT2D eigenvalue weighted by Crippen LogP contribution is 2.23. The van der Waals surface area contributed by atoms with Gasteiger partial charge in [-0.3, -0.25) is 0 Å². The minimum absolute atomic E-state index is 0.362. The maximum atomic E-state index is 12.1. The summed E-state index contributed by atoms with van der Waals surface area (Å²) in [6, 6.07) is 9.31. The lowest BCUT2D eigenvalue weighted by atomic mass is 10.1. The molecule has 0 bridgehead atoms. The lowest BCUT2D eigenvalue weighted by Gasteiger charge is -2.00. The van der Waals surface area contributed by atoms with Crippen molar-refractivity contribution in [3.8, 4) is 11.4 Å². The number of para-hydroxylation sites is 1. The van der Waals surface area contributed by atoms with E-state index in [1.54, 1.807) is 6.07 Å². The van der Waals surface area contributed by atoms with E-state index in [0.717, 1.165) is 29.6 Å². The van der Waals surface area contributed by atoms with Crippen LogP contribution < -0.4 is 5.63 Å². The number of aromatic nitrogens is 2. The van der Waals surface area contributed by atoms with Gasteiger partial charge in [-0.05, 0) is 31.1 Å². The van der Waals surface area contributed by atoms with E-state index in [4.69, 9.17) is 4.42 Å².